The second-order valence-electron chi connectivity index (χ2n) is 3.64. The highest BCUT2D eigenvalue weighted by molar-refractivity contribution is 5.74. The lowest BCUT2D eigenvalue weighted by atomic mass is 10.3. The number of carbonyl (C=O) groups is 2. The van der Waals surface area contributed by atoms with Crippen LogP contribution >= 0.6 is 0 Å². The highest BCUT2D eigenvalue weighted by Gasteiger charge is 2.14. The van der Waals surface area contributed by atoms with Crippen LogP contribution in [0.3, 0.4) is 0 Å². The molecule has 0 aliphatic heterocycles. The number of rotatable bonds is 7. The van der Waals surface area contributed by atoms with Crippen molar-refractivity contribution in [3.8, 4) is 0 Å². The summed E-state index contributed by atoms with van der Waals surface area (Å²) in [4.78, 5) is 23.3. The number of nitrogens with zero attached hydrogens (tertiary/aromatic N) is 1. The monoisotopic (exact) mass is 232 g/mol. The van der Waals surface area contributed by atoms with E-state index >= 15 is 0 Å². The summed E-state index contributed by atoms with van der Waals surface area (Å²) in [6, 6.07) is -0.223. The molecule has 6 nitrogen and oxygen atoms in total. The number of likely N-dealkylation sites (N-methyl/N-ethyl adjacent to an activating group) is 1. The quantitative estimate of drug-likeness (QED) is 0.627. The second kappa shape index (κ2) is 7.92. The molecule has 16 heavy (non-hydrogen) atoms. The lowest BCUT2D eigenvalue weighted by molar-refractivity contribution is -0.137. The van der Waals surface area contributed by atoms with E-state index in [1.807, 2.05) is 6.92 Å². The molecule has 0 heterocycles. The number of methoxy groups -OCH3 is 1. The van der Waals surface area contributed by atoms with Gasteiger partial charge in [-0.3, -0.25) is 4.79 Å². The molecule has 0 fully saturated rings. The van der Waals surface area contributed by atoms with Crippen LogP contribution in [0.5, 0.6) is 0 Å². The maximum atomic E-state index is 11.5. The molecule has 0 bridgehead atoms. The van der Waals surface area contributed by atoms with E-state index in [2.05, 4.69) is 5.32 Å². The predicted molar refractivity (Wildman–Crippen MR) is 59.4 cm³/mol. The molecule has 0 spiro atoms. The Hall–Kier alpha value is -1.30. The fourth-order valence-corrected chi connectivity index (χ4v) is 1.11. The number of nitrogens with one attached hydrogen (secondary N) is 1. The van der Waals surface area contributed by atoms with E-state index in [0.717, 1.165) is 0 Å². The number of amides is 2. The first kappa shape index (κ1) is 14.7. The lowest BCUT2D eigenvalue weighted by Crippen LogP contribution is -2.44. The summed E-state index contributed by atoms with van der Waals surface area (Å²) in [6.07, 6.45) is 0.505. The highest BCUT2D eigenvalue weighted by Crippen LogP contribution is 1.96. The normalized spacial score (nSPS) is 11.9. The molecule has 94 valence electrons. The molecule has 0 aromatic carbocycles. The van der Waals surface area contributed by atoms with E-state index in [4.69, 9.17) is 9.84 Å². The molecule has 2 N–H and O–H groups in total. The van der Waals surface area contributed by atoms with E-state index in [-0.39, 0.29) is 18.5 Å². The van der Waals surface area contributed by atoms with Crippen molar-refractivity contribution in [3.63, 3.8) is 0 Å². The summed E-state index contributed by atoms with van der Waals surface area (Å²) in [6.45, 7) is 2.72. The van der Waals surface area contributed by atoms with Crippen LogP contribution in [-0.2, 0) is 9.53 Å². The van der Waals surface area contributed by atoms with Gasteiger partial charge >= 0.3 is 12.0 Å². The SMILES string of the molecule is COCC(C)N(C)C(=O)NCCCC(=O)O. The second-order valence-corrected chi connectivity index (χ2v) is 3.64. The van der Waals surface area contributed by atoms with Crippen molar-refractivity contribution in [1.29, 1.82) is 0 Å². The van der Waals surface area contributed by atoms with Gasteiger partial charge in [0.15, 0.2) is 0 Å². The van der Waals surface area contributed by atoms with Crippen molar-refractivity contribution < 1.29 is 19.4 Å². The average Bonchev–Trinajstić information content (AvgIpc) is 2.23. The Kier molecular flexibility index (Phi) is 7.28. The summed E-state index contributed by atoms with van der Waals surface area (Å²) in [5.41, 5.74) is 0. The Bertz CT molecular complexity index is 233. The number of carbonyl (C=O) groups excluding carboxylic acids is 1. The van der Waals surface area contributed by atoms with Crippen molar-refractivity contribution in [3.05, 3.63) is 0 Å². The Labute approximate surface area is 95.6 Å². The molecule has 0 saturated heterocycles. The minimum Gasteiger partial charge on any atom is -0.481 e. The van der Waals surface area contributed by atoms with Crippen molar-refractivity contribution in [2.75, 3.05) is 27.3 Å². The maximum Gasteiger partial charge on any atom is 0.317 e. The predicted octanol–water partition coefficient (Wildman–Crippen LogP) is 0.527. The molecule has 1 atom stereocenters. The van der Waals surface area contributed by atoms with Crippen LogP contribution in [0, 0.1) is 0 Å². The molecule has 1 unspecified atom stereocenters. The lowest BCUT2D eigenvalue weighted by Gasteiger charge is -2.24. The van der Waals surface area contributed by atoms with E-state index in [1.54, 1.807) is 14.2 Å². The van der Waals surface area contributed by atoms with E-state index in [9.17, 15) is 9.59 Å². The van der Waals surface area contributed by atoms with E-state index in [0.29, 0.717) is 19.6 Å². The summed E-state index contributed by atoms with van der Waals surface area (Å²) in [7, 11) is 3.26. The fraction of sp³-hybridized carbons (Fsp3) is 0.800. The third-order valence-corrected chi connectivity index (χ3v) is 2.23. The molecule has 0 aromatic heterocycles. The van der Waals surface area contributed by atoms with Gasteiger partial charge in [0.2, 0.25) is 0 Å². The maximum absolute atomic E-state index is 11.5. The zero-order chi connectivity index (χ0) is 12.6. The Balaban J connectivity index is 3.74. The van der Waals surface area contributed by atoms with Crippen molar-refractivity contribution in [2.24, 2.45) is 0 Å². The molecule has 2 amide bonds. The molecular formula is C10H20N2O4. The Morgan fingerprint density at radius 1 is 1.50 bits per heavy atom. The molecule has 0 radical (unpaired) electrons. The Morgan fingerprint density at radius 2 is 2.12 bits per heavy atom. The first-order valence-electron chi connectivity index (χ1n) is 5.20. The standard InChI is InChI=1S/C10H20N2O4/c1-8(7-16-3)12(2)10(15)11-6-4-5-9(13)14/h8H,4-7H2,1-3H3,(H,11,15)(H,13,14). The topological polar surface area (TPSA) is 78.9 Å². The summed E-state index contributed by atoms with van der Waals surface area (Å²) in [5.74, 6) is -0.852. The van der Waals surface area contributed by atoms with Gasteiger partial charge in [-0.05, 0) is 13.3 Å². The van der Waals surface area contributed by atoms with Crippen LogP contribution < -0.4 is 5.32 Å². The number of carboxylic acids is 1. The minimum atomic E-state index is -0.852. The third-order valence-electron chi connectivity index (χ3n) is 2.23. The van der Waals surface area contributed by atoms with Crippen molar-refractivity contribution in [2.45, 2.75) is 25.8 Å². The van der Waals surface area contributed by atoms with Crippen LogP contribution in [0.25, 0.3) is 0 Å². The number of aliphatic carboxylic acids is 1. The smallest absolute Gasteiger partial charge is 0.317 e. The van der Waals surface area contributed by atoms with Crippen LogP contribution in [0.2, 0.25) is 0 Å². The van der Waals surface area contributed by atoms with E-state index < -0.39 is 5.97 Å². The van der Waals surface area contributed by atoms with Crippen molar-refractivity contribution >= 4 is 12.0 Å². The van der Waals surface area contributed by atoms with Crippen molar-refractivity contribution in [1.82, 2.24) is 10.2 Å². The zero-order valence-electron chi connectivity index (χ0n) is 10.0. The minimum absolute atomic E-state index is 0.00975. The van der Waals surface area contributed by atoms with Crippen LogP contribution in [-0.4, -0.2) is 55.4 Å². The third kappa shape index (κ3) is 6.23. The van der Waals surface area contributed by atoms with Gasteiger partial charge < -0.3 is 20.1 Å². The average molecular weight is 232 g/mol. The van der Waals surface area contributed by atoms with Gasteiger partial charge in [0.1, 0.15) is 0 Å². The van der Waals surface area contributed by atoms with Gasteiger partial charge in [-0.2, -0.15) is 0 Å². The largest absolute Gasteiger partial charge is 0.481 e. The Morgan fingerprint density at radius 3 is 2.62 bits per heavy atom. The van der Waals surface area contributed by atoms with E-state index in [1.165, 1.54) is 4.90 Å². The summed E-state index contributed by atoms with van der Waals surface area (Å²) >= 11 is 0. The van der Waals surface area contributed by atoms with Gasteiger partial charge in [-0.1, -0.05) is 0 Å². The molecule has 0 aromatic rings. The molecule has 0 aliphatic carbocycles. The molecule has 0 aliphatic rings. The number of hydrogen-bond acceptors (Lipinski definition) is 3. The van der Waals surface area contributed by atoms with Crippen LogP contribution in [0.1, 0.15) is 19.8 Å². The zero-order valence-corrected chi connectivity index (χ0v) is 10.0. The molecule has 6 heteroatoms. The number of carboxylic acid groups (broad SMARTS) is 1. The summed E-state index contributed by atoms with van der Waals surface area (Å²) in [5, 5.41) is 11.1. The first-order valence-corrected chi connectivity index (χ1v) is 5.20. The number of ether oxygens (including phenoxy) is 1. The van der Waals surface area contributed by atoms with Crippen LogP contribution in [0.15, 0.2) is 0 Å². The van der Waals surface area contributed by atoms with Gasteiger partial charge in [0.25, 0.3) is 0 Å². The van der Waals surface area contributed by atoms with Gasteiger partial charge in [0.05, 0.1) is 12.6 Å². The highest BCUT2D eigenvalue weighted by atomic mass is 16.5. The van der Waals surface area contributed by atoms with Gasteiger partial charge in [-0.15, -0.1) is 0 Å². The van der Waals surface area contributed by atoms with Gasteiger partial charge in [0, 0.05) is 27.1 Å². The molecular weight excluding hydrogens is 212 g/mol. The van der Waals surface area contributed by atoms with Crippen LogP contribution in [0.4, 0.5) is 4.79 Å². The first-order chi connectivity index (χ1) is 7.49. The molecule has 0 saturated carbocycles. The van der Waals surface area contributed by atoms with Gasteiger partial charge in [-0.25, -0.2) is 4.79 Å². The number of urea groups is 1. The fourth-order valence-electron chi connectivity index (χ4n) is 1.11. The molecule has 0 rings (SSSR count). The summed E-state index contributed by atoms with van der Waals surface area (Å²) < 4.78 is 4.93. The number of hydrogen-bond donors (Lipinski definition) is 2.